The number of piperazine rings is 1. The first kappa shape index (κ1) is 29.1. The second-order valence-corrected chi connectivity index (χ2v) is 13.4. The van der Waals surface area contributed by atoms with Crippen LogP contribution in [0.15, 0.2) is 77.3 Å². The fourth-order valence-corrected chi connectivity index (χ4v) is 6.64. The Balaban J connectivity index is 1.13. The summed E-state index contributed by atoms with van der Waals surface area (Å²) in [5.41, 5.74) is 2.98. The van der Waals surface area contributed by atoms with Gasteiger partial charge < -0.3 is 9.80 Å². The zero-order valence-electron chi connectivity index (χ0n) is 24.1. The summed E-state index contributed by atoms with van der Waals surface area (Å²) in [4.78, 5) is 31.1. The molecule has 214 valence electrons. The number of hydrogen-bond acceptors (Lipinski definition) is 6. The number of para-hydroxylation sites is 1. The van der Waals surface area contributed by atoms with E-state index in [4.69, 9.17) is 0 Å². The van der Waals surface area contributed by atoms with Gasteiger partial charge in [0.25, 0.3) is 5.91 Å². The first-order chi connectivity index (χ1) is 19.7. The van der Waals surface area contributed by atoms with Crippen molar-refractivity contribution in [1.82, 2.24) is 24.6 Å². The van der Waals surface area contributed by atoms with Crippen LogP contribution in [0.3, 0.4) is 0 Å². The number of rotatable bonds is 8. The van der Waals surface area contributed by atoms with Gasteiger partial charge in [-0.15, -0.1) is 21.5 Å². The van der Waals surface area contributed by atoms with Gasteiger partial charge in [0.2, 0.25) is 5.91 Å². The normalized spacial score (nSPS) is 15.8. The molecule has 1 aliphatic rings. The van der Waals surface area contributed by atoms with Crippen LogP contribution in [0.4, 0.5) is 0 Å². The summed E-state index contributed by atoms with van der Waals surface area (Å²) in [5, 5.41) is 11.8. The van der Waals surface area contributed by atoms with Gasteiger partial charge in [-0.05, 0) is 60.0 Å². The van der Waals surface area contributed by atoms with Gasteiger partial charge in [-0.25, -0.2) is 0 Å². The molecule has 3 heterocycles. The Morgan fingerprint density at radius 1 is 0.976 bits per heavy atom. The molecule has 0 radical (unpaired) electrons. The molecule has 4 aromatic rings. The molecule has 0 bridgehead atoms. The van der Waals surface area contributed by atoms with Gasteiger partial charge in [-0.1, -0.05) is 68.9 Å². The average molecular weight is 588 g/mol. The van der Waals surface area contributed by atoms with Gasteiger partial charge in [0.15, 0.2) is 11.0 Å². The van der Waals surface area contributed by atoms with E-state index in [1.807, 2.05) is 70.6 Å². The van der Waals surface area contributed by atoms with Crippen LogP contribution in [0, 0.1) is 0 Å². The number of nitrogens with zero attached hydrogens (tertiary/aromatic N) is 5. The average Bonchev–Trinajstić information content (AvgIpc) is 3.65. The highest BCUT2D eigenvalue weighted by molar-refractivity contribution is 7.99. The first-order valence-electron chi connectivity index (χ1n) is 14.1. The minimum Gasteiger partial charge on any atom is -0.339 e. The van der Waals surface area contributed by atoms with Crippen LogP contribution < -0.4 is 0 Å². The maximum Gasteiger partial charge on any atom is 0.254 e. The molecule has 1 atom stereocenters. The molecule has 0 saturated carbocycles. The van der Waals surface area contributed by atoms with E-state index in [1.54, 1.807) is 23.1 Å². The Kier molecular flexibility index (Phi) is 8.94. The van der Waals surface area contributed by atoms with Gasteiger partial charge in [0.1, 0.15) is 0 Å². The number of thioether (sulfide) groups is 1. The third-order valence-corrected chi connectivity index (χ3v) is 9.28. The lowest BCUT2D eigenvalue weighted by atomic mass is 9.86. The topological polar surface area (TPSA) is 71.3 Å². The van der Waals surface area contributed by atoms with Crippen molar-refractivity contribution in [2.45, 2.75) is 57.1 Å². The molecule has 1 fully saturated rings. The molecule has 0 aliphatic carbocycles. The number of thiophene rings is 1. The molecule has 0 N–H and O–H groups in total. The molecule has 0 spiro atoms. The summed E-state index contributed by atoms with van der Waals surface area (Å²) in [6, 6.07) is 22.1. The summed E-state index contributed by atoms with van der Waals surface area (Å²) in [6.07, 6.45) is 1.21. The van der Waals surface area contributed by atoms with E-state index in [2.05, 4.69) is 53.7 Å². The molecule has 1 unspecified atom stereocenters. The third kappa shape index (κ3) is 6.73. The Hall–Kier alpha value is -3.43. The first-order valence-corrected chi connectivity index (χ1v) is 16.0. The number of hydrogen-bond donors (Lipinski definition) is 0. The highest BCUT2D eigenvalue weighted by atomic mass is 32.2. The minimum atomic E-state index is -0.0306. The fraction of sp³-hybridized carbons (Fsp3) is 0.375. The standard InChI is InChI=1S/C32H37N5O2S2/c1-23-22-35(18-19-36(23)30(39)24-14-16-25(17-15-24)32(2,3)4)28(38)13-9-21-41-31-34-33-29(27-12-8-20-40-27)37(31)26-10-6-5-7-11-26/h5-8,10-12,14-17,20,23H,9,13,18-19,21-22H2,1-4H3. The van der Waals surface area contributed by atoms with Crippen LogP contribution in [0.2, 0.25) is 0 Å². The summed E-state index contributed by atoms with van der Waals surface area (Å²) in [6.45, 7) is 10.2. The lowest BCUT2D eigenvalue weighted by molar-refractivity contribution is -0.133. The lowest BCUT2D eigenvalue weighted by Crippen LogP contribution is -2.55. The van der Waals surface area contributed by atoms with Crippen molar-refractivity contribution in [1.29, 1.82) is 0 Å². The predicted octanol–water partition coefficient (Wildman–Crippen LogP) is 6.54. The van der Waals surface area contributed by atoms with Gasteiger partial charge in [-0.2, -0.15) is 0 Å². The van der Waals surface area contributed by atoms with Gasteiger partial charge >= 0.3 is 0 Å². The van der Waals surface area contributed by atoms with Crippen LogP contribution in [0.25, 0.3) is 16.4 Å². The molecule has 1 saturated heterocycles. The number of carbonyl (C=O) groups is 2. The summed E-state index contributed by atoms with van der Waals surface area (Å²) in [7, 11) is 0. The van der Waals surface area contributed by atoms with Crippen molar-refractivity contribution in [2.75, 3.05) is 25.4 Å². The Bertz CT molecular complexity index is 1460. The highest BCUT2D eigenvalue weighted by Gasteiger charge is 2.30. The fourth-order valence-electron chi connectivity index (χ4n) is 5.05. The summed E-state index contributed by atoms with van der Waals surface area (Å²) >= 11 is 3.26. The molecule has 41 heavy (non-hydrogen) atoms. The van der Waals surface area contributed by atoms with Gasteiger partial charge in [0, 0.05) is 49.1 Å². The number of amides is 2. The van der Waals surface area contributed by atoms with Crippen molar-refractivity contribution in [2.24, 2.45) is 0 Å². The quantitative estimate of drug-likeness (QED) is 0.173. The van der Waals surface area contributed by atoms with Crippen molar-refractivity contribution in [3.8, 4) is 16.4 Å². The molecule has 9 heteroatoms. The molecule has 2 amide bonds. The number of aromatic nitrogens is 3. The predicted molar refractivity (Wildman–Crippen MR) is 167 cm³/mol. The van der Waals surface area contributed by atoms with E-state index in [1.165, 1.54) is 5.56 Å². The highest BCUT2D eigenvalue weighted by Crippen LogP contribution is 2.31. The van der Waals surface area contributed by atoms with Crippen LogP contribution in [0.5, 0.6) is 0 Å². The van der Waals surface area contributed by atoms with Crippen molar-refractivity contribution in [3.63, 3.8) is 0 Å². The molecule has 5 rings (SSSR count). The maximum atomic E-state index is 13.2. The molecular formula is C32H37N5O2S2. The summed E-state index contributed by atoms with van der Waals surface area (Å²) < 4.78 is 2.09. The van der Waals surface area contributed by atoms with E-state index in [0.29, 0.717) is 31.6 Å². The number of benzene rings is 2. The third-order valence-electron chi connectivity index (χ3n) is 7.39. The van der Waals surface area contributed by atoms with Crippen molar-refractivity contribution >= 4 is 34.9 Å². The Morgan fingerprint density at radius 2 is 1.73 bits per heavy atom. The van der Waals surface area contributed by atoms with Gasteiger partial charge in [0.05, 0.1) is 4.88 Å². The van der Waals surface area contributed by atoms with Crippen molar-refractivity contribution in [3.05, 3.63) is 83.2 Å². The second-order valence-electron chi connectivity index (χ2n) is 11.4. The monoisotopic (exact) mass is 587 g/mol. The van der Waals surface area contributed by atoms with Gasteiger partial charge in [-0.3, -0.25) is 14.2 Å². The SMILES string of the molecule is CC1CN(C(=O)CCCSc2nnc(-c3cccs3)n2-c2ccccc2)CCN1C(=O)c1ccc(C(C)(C)C)cc1. The number of carbonyl (C=O) groups excluding carboxylic acids is 2. The molecular weight excluding hydrogens is 551 g/mol. The zero-order valence-corrected chi connectivity index (χ0v) is 25.8. The van der Waals surface area contributed by atoms with E-state index in [0.717, 1.165) is 33.7 Å². The molecule has 2 aromatic heterocycles. The van der Waals surface area contributed by atoms with E-state index in [-0.39, 0.29) is 23.3 Å². The van der Waals surface area contributed by atoms with E-state index in [9.17, 15) is 9.59 Å². The van der Waals surface area contributed by atoms with E-state index < -0.39 is 0 Å². The smallest absolute Gasteiger partial charge is 0.254 e. The van der Waals surface area contributed by atoms with E-state index >= 15 is 0 Å². The minimum absolute atomic E-state index is 0.0306. The molecule has 7 nitrogen and oxygen atoms in total. The Labute approximate surface area is 250 Å². The van der Waals surface area contributed by atoms with Crippen molar-refractivity contribution < 1.29 is 9.59 Å². The van der Waals surface area contributed by atoms with Crippen LogP contribution >= 0.6 is 23.1 Å². The van der Waals surface area contributed by atoms with Crippen LogP contribution in [-0.4, -0.2) is 67.8 Å². The maximum absolute atomic E-state index is 13.2. The van der Waals surface area contributed by atoms with Crippen LogP contribution in [-0.2, 0) is 10.2 Å². The largest absolute Gasteiger partial charge is 0.339 e. The molecule has 1 aliphatic heterocycles. The lowest BCUT2D eigenvalue weighted by Gasteiger charge is -2.40. The molecule has 2 aromatic carbocycles. The van der Waals surface area contributed by atoms with Crippen LogP contribution in [0.1, 0.15) is 56.5 Å². The Morgan fingerprint density at radius 3 is 2.39 bits per heavy atom. The zero-order chi connectivity index (χ0) is 29.0. The second kappa shape index (κ2) is 12.6. The summed E-state index contributed by atoms with van der Waals surface area (Å²) in [5.74, 6) is 1.77.